The molecule has 0 atom stereocenters. The molecule has 0 spiro atoms. The first-order valence-electron chi connectivity index (χ1n) is 7.44. The van der Waals surface area contributed by atoms with E-state index in [1.165, 1.54) is 24.5 Å². The summed E-state index contributed by atoms with van der Waals surface area (Å²) in [7, 11) is 0. The van der Waals surface area contributed by atoms with Crippen LogP contribution in [-0.2, 0) is 6.18 Å². The van der Waals surface area contributed by atoms with Crippen LogP contribution < -0.4 is 11.5 Å². The third-order valence-corrected chi connectivity index (χ3v) is 3.40. The summed E-state index contributed by atoms with van der Waals surface area (Å²) in [5, 5.41) is 3.98. The Morgan fingerprint density at radius 1 is 1.15 bits per heavy atom. The van der Waals surface area contributed by atoms with Gasteiger partial charge in [0.15, 0.2) is 17.5 Å². The Morgan fingerprint density at radius 3 is 2.48 bits per heavy atom. The van der Waals surface area contributed by atoms with Gasteiger partial charge in [0.25, 0.3) is 5.91 Å². The average molecular weight is 375 g/mol. The second kappa shape index (κ2) is 6.86. The molecule has 3 aromatic heterocycles. The molecular formula is C16H12F3N7O. The summed E-state index contributed by atoms with van der Waals surface area (Å²) in [5.74, 6) is -1.32. The van der Waals surface area contributed by atoms with E-state index in [4.69, 9.17) is 11.5 Å². The van der Waals surface area contributed by atoms with Gasteiger partial charge in [-0.15, -0.1) is 0 Å². The van der Waals surface area contributed by atoms with E-state index in [2.05, 4.69) is 20.1 Å². The largest absolute Gasteiger partial charge is 0.433 e. The molecule has 0 aliphatic rings. The van der Waals surface area contributed by atoms with Crippen LogP contribution in [0.1, 0.15) is 16.1 Å². The predicted octanol–water partition coefficient (Wildman–Crippen LogP) is 1.76. The summed E-state index contributed by atoms with van der Waals surface area (Å²) < 4.78 is 40.9. The Morgan fingerprint density at radius 2 is 1.93 bits per heavy atom. The molecule has 0 aliphatic heterocycles. The predicted molar refractivity (Wildman–Crippen MR) is 89.7 cm³/mol. The number of halogens is 3. The summed E-state index contributed by atoms with van der Waals surface area (Å²) >= 11 is 0. The SMILES string of the molecule is NC(N)=NC(=O)c1ccc(-n2nc(-c3cccnc3)cc2C(F)(F)F)nc1. The fourth-order valence-corrected chi connectivity index (χ4v) is 2.23. The zero-order valence-electron chi connectivity index (χ0n) is 13.6. The Balaban J connectivity index is 2.04. The van der Waals surface area contributed by atoms with Crippen LogP contribution in [0.25, 0.3) is 17.1 Å². The van der Waals surface area contributed by atoms with E-state index >= 15 is 0 Å². The van der Waals surface area contributed by atoms with Crippen LogP contribution in [0.4, 0.5) is 13.2 Å². The van der Waals surface area contributed by atoms with Crippen molar-refractivity contribution >= 4 is 11.9 Å². The average Bonchev–Trinajstić information content (AvgIpc) is 3.08. The maximum atomic E-state index is 13.4. The summed E-state index contributed by atoms with van der Waals surface area (Å²) in [4.78, 5) is 22.8. The van der Waals surface area contributed by atoms with Crippen LogP contribution in [0.2, 0.25) is 0 Å². The minimum Gasteiger partial charge on any atom is -0.370 e. The summed E-state index contributed by atoms with van der Waals surface area (Å²) in [5.41, 5.74) is 9.74. The van der Waals surface area contributed by atoms with Crippen LogP contribution in [0.3, 0.4) is 0 Å². The van der Waals surface area contributed by atoms with Gasteiger partial charge in [0, 0.05) is 24.2 Å². The third-order valence-electron chi connectivity index (χ3n) is 3.40. The standard InChI is InChI=1S/C16H12F3N7O/c17-16(18,19)12-6-11(9-2-1-5-22-7-9)25-26(12)13-4-3-10(8-23-13)14(27)24-15(20)21/h1-8H,(H4,20,21,24,27). The fraction of sp³-hybridized carbons (Fsp3) is 0.0625. The molecule has 0 aliphatic carbocycles. The number of amides is 1. The van der Waals surface area contributed by atoms with E-state index in [1.54, 1.807) is 12.1 Å². The van der Waals surface area contributed by atoms with Crippen LogP contribution >= 0.6 is 0 Å². The number of carbonyl (C=O) groups excluding carboxylic acids is 1. The second-order valence-corrected chi connectivity index (χ2v) is 5.31. The van der Waals surface area contributed by atoms with Crippen molar-refractivity contribution in [3.05, 3.63) is 60.2 Å². The highest BCUT2D eigenvalue weighted by Gasteiger charge is 2.36. The molecule has 0 unspecified atom stereocenters. The van der Waals surface area contributed by atoms with E-state index < -0.39 is 23.7 Å². The van der Waals surface area contributed by atoms with Gasteiger partial charge in [0.1, 0.15) is 0 Å². The molecule has 0 radical (unpaired) electrons. The molecule has 3 rings (SSSR count). The molecule has 3 heterocycles. The molecule has 0 fully saturated rings. The Hall–Kier alpha value is -3.76. The van der Waals surface area contributed by atoms with Gasteiger partial charge < -0.3 is 11.5 Å². The maximum absolute atomic E-state index is 13.4. The van der Waals surface area contributed by atoms with Gasteiger partial charge in [-0.2, -0.15) is 23.3 Å². The van der Waals surface area contributed by atoms with Crippen molar-refractivity contribution < 1.29 is 18.0 Å². The monoisotopic (exact) mass is 375 g/mol. The molecular weight excluding hydrogens is 363 g/mol. The lowest BCUT2D eigenvalue weighted by atomic mass is 10.2. The zero-order valence-corrected chi connectivity index (χ0v) is 13.6. The lowest BCUT2D eigenvalue weighted by Crippen LogP contribution is -2.24. The highest BCUT2D eigenvalue weighted by molar-refractivity contribution is 6.01. The number of alkyl halides is 3. The number of nitrogens with two attached hydrogens (primary N) is 2. The van der Waals surface area contributed by atoms with Crippen molar-refractivity contribution in [2.75, 3.05) is 0 Å². The van der Waals surface area contributed by atoms with E-state index in [1.807, 2.05) is 0 Å². The minimum absolute atomic E-state index is 0.0142. The topological polar surface area (TPSA) is 125 Å². The summed E-state index contributed by atoms with van der Waals surface area (Å²) in [6.45, 7) is 0. The van der Waals surface area contributed by atoms with Gasteiger partial charge in [-0.05, 0) is 30.3 Å². The first-order chi connectivity index (χ1) is 12.8. The Labute approximate surface area is 150 Å². The number of aliphatic imine (C=N–C) groups is 1. The molecule has 4 N–H and O–H groups in total. The van der Waals surface area contributed by atoms with Crippen molar-refractivity contribution in [2.24, 2.45) is 16.5 Å². The highest BCUT2D eigenvalue weighted by atomic mass is 19.4. The van der Waals surface area contributed by atoms with E-state index in [-0.39, 0.29) is 17.1 Å². The van der Waals surface area contributed by atoms with Gasteiger partial charge in [0.2, 0.25) is 0 Å². The Kier molecular flexibility index (Phi) is 4.59. The van der Waals surface area contributed by atoms with Gasteiger partial charge >= 0.3 is 6.18 Å². The molecule has 0 aromatic carbocycles. The first-order valence-corrected chi connectivity index (χ1v) is 7.44. The van der Waals surface area contributed by atoms with Crippen LogP contribution in [-0.4, -0.2) is 31.6 Å². The smallest absolute Gasteiger partial charge is 0.370 e. The molecule has 0 saturated carbocycles. The number of hydrogen-bond donors (Lipinski definition) is 2. The molecule has 27 heavy (non-hydrogen) atoms. The van der Waals surface area contributed by atoms with Crippen molar-refractivity contribution in [3.8, 4) is 17.1 Å². The van der Waals surface area contributed by atoms with Gasteiger partial charge in [-0.1, -0.05) is 0 Å². The van der Waals surface area contributed by atoms with Gasteiger partial charge in [0.05, 0.1) is 11.3 Å². The number of pyridine rings is 2. The Bertz CT molecular complexity index is 991. The molecule has 0 bridgehead atoms. The first kappa shape index (κ1) is 18.0. The lowest BCUT2D eigenvalue weighted by Gasteiger charge is -2.09. The second-order valence-electron chi connectivity index (χ2n) is 5.31. The molecule has 138 valence electrons. The summed E-state index contributed by atoms with van der Waals surface area (Å²) in [6, 6.07) is 6.54. The van der Waals surface area contributed by atoms with E-state index in [0.717, 1.165) is 12.3 Å². The lowest BCUT2D eigenvalue weighted by molar-refractivity contribution is -0.142. The van der Waals surface area contributed by atoms with Crippen molar-refractivity contribution in [1.29, 1.82) is 0 Å². The number of aromatic nitrogens is 4. The number of rotatable bonds is 3. The molecule has 1 amide bonds. The van der Waals surface area contributed by atoms with Gasteiger partial charge in [-0.25, -0.2) is 9.67 Å². The highest BCUT2D eigenvalue weighted by Crippen LogP contribution is 2.33. The third kappa shape index (κ3) is 3.92. The van der Waals surface area contributed by atoms with Crippen molar-refractivity contribution in [3.63, 3.8) is 0 Å². The van der Waals surface area contributed by atoms with Crippen molar-refractivity contribution in [1.82, 2.24) is 19.7 Å². The molecule has 0 saturated heterocycles. The fourth-order valence-electron chi connectivity index (χ4n) is 2.23. The maximum Gasteiger partial charge on any atom is 0.433 e. The number of guanidine groups is 1. The molecule has 8 nitrogen and oxygen atoms in total. The number of carbonyl (C=O) groups is 1. The molecule has 3 aromatic rings. The quantitative estimate of drug-likeness (QED) is 0.531. The molecule has 11 heteroatoms. The minimum atomic E-state index is -4.66. The van der Waals surface area contributed by atoms with Crippen LogP contribution in [0, 0.1) is 0 Å². The zero-order chi connectivity index (χ0) is 19.6. The van der Waals surface area contributed by atoms with Crippen molar-refractivity contribution in [2.45, 2.75) is 6.18 Å². The van der Waals surface area contributed by atoms with E-state index in [0.29, 0.717) is 10.2 Å². The van der Waals surface area contributed by atoms with Gasteiger partial charge in [-0.3, -0.25) is 9.78 Å². The normalized spacial score (nSPS) is 11.2. The number of nitrogens with zero attached hydrogens (tertiary/aromatic N) is 5. The van der Waals surface area contributed by atoms with Crippen LogP contribution in [0.5, 0.6) is 0 Å². The van der Waals surface area contributed by atoms with E-state index in [9.17, 15) is 18.0 Å². The number of hydrogen-bond acceptors (Lipinski definition) is 4. The summed E-state index contributed by atoms with van der Waals surface area (Å²) in [6.07, 6.45) is -0.701. The van der Waals surface area contributed by atoms with Crippen LogP contribution in [0.15, 0.2) is 53.9 Å².